The molecule has 0 atom stereocenters. The van der Waals surface area contributed by atoms with E-state index in [1.165, 1.54) is 5.56 Å². The Morgan fingerprint density at radius 1 is 1.00 bits per heavy atom. The fourth-order valence-corrected chi connectivity index (χ4v) is 4.19. The summed E-state index contributed by atoms with van der Waals surface area (Å²) in [5.41, 5.74) is 4.88. The lowest BCUT2D eigenvalue weighted by molar-refractivity contribution is 0.0746. The first-order valence-electron chi connectivity index (χ1n) is 10.5. The number of hydrogen-bond acceptors (Lipinski definition) is 4. The number of hydrogen-bond donors (Lipinski definition) is 0. The number of piperazine rings is 1. The van der Waals surface area contributed by atoms with Crippen LogP contribution >= 0.6 is 0 Å². The van der Waals surface area contributed by atoms with Crippen LogP contribution in [0.15, 0.2) is 54.6 Å². The number of fused-ring (bicyclic) bond motifs is 3. The third-order valence-corrected chi connectivity index (χ3v) is 5.88. The van der Waals surface area contributed by atoms with Crippen LogP contribution in [0, 0.1) is 6.92 Å². The van der Waals surface area contributed by atoms with Gasteiger partial charge in [-0.2, -0.15) is 5.10 Å². The number of nitrogens with zero attached hydrogens (tertiary/aromatic N) is 5. The number of para-hydroxylation sites is 1. The summed E-state index contributed by atoms with van der Waals surface area (Å²) in [6, 6.07) is 18.2. The molecule has 2 aromatic heterocycles. The van der Waals surface area contributed by atoms with Crippen LogP contribution < -0.4 is 4.90 Å². The van der Waals surface area contributed by atoms with E-state index in [1.807, 2.05) is 58.8 Å². The molecule has 4 aromatic rings. The second-order valence-electron chi connectivity index (χ2n) is 7.84. The minimum atomic E-state index is 0.108. The Balaban J connectivity index is 1.39. The number of carbonyl (C=O) groups is 1. The largest absolute Gasteiger partial charge is 0.352 e. The van der Waals surface area contributed by atoms with Gasteiger partial charge in [-0.3, -0.25) is 4.79 Å². The maximum Gasteiger partial charge on any atom is 0.253 e. The molecule has 5 rings (SSSR count). The van der Waals surface area contributed by atoms with Crippen molar-refractivity contribution < 1.29 is 4.79 Å². The highest BCUT2D eigenvalue weighted by Gasteiger charge is 2.24. The summed E-state index contributed by atoms with van der Waals surface area (Å²) in [5.74, 6) is 1.08. The second kappa shape index (κ2) is 7.44. The summed E-state index contributed by atoms with van der Waals surface area (Å²) in [6.45, 7) is 7.01. The van der Waals surface area contributed by atoms with Gasteiger partial charge in [-0.1, -0.05) is 31.2 Å². The van der Waals surface area contributed by atoms with E-state index in [9.17, 15) is 4.79 Å². The molecule has 0 aliphatic carbocycles. The minimum Gasteiger partial charge on any atom is -0.352 e. The molecule has 1 fully saturated rings. The van der Waals surface area contributed by atoms with E-state index < -0.39 is 0 Å². The fraction of sp³-hybridized carbons (Fsp3) is 0.292. The van der Waals surface area contributed by atoms with Crippen LogP contribution in [0.25, 0.3) is 16.6 Å². The zero-order valence-electron chi connectivity index (χ0n) is 17.4. The van der Waals surface area contributed by atoms with Crippen LogP contribution in [0.3, 0.4) is 0 Å². The van der Waals surface area contributed by atoms with E-state index in [1.54, 1.807) is 0 Å². The third-order valence-electron chi connectivity index (χ3n) is 5.88. The lowest BCUT2D eigenvalue weighted by atomic mass is 10.1. The van der Waals surface area contributed by atoms with Gasteiger partial charge < -0.3 is 9.80 Å². The van der Waals surface area contributed by atoms with Crippen molar-refractivity contribution in [3.8, 4) is 0 Å². The highest BCUT2D eigenvalue weighted by molar-refractivity contribution is 5.95. The van der Waals surface area contributed by atoms with Crippen molar-refractivity contribution in [1.82, 2.24) is 19.5 Å². The van der Waals surface area contributed by atoms with Gasteiger partial charge in [0.1, 0.15) is 5.82 Å². The highest BCUT2D eigenvalue weighted by Crippen LogP contribution is 2.27. The Morgan fingerprint density at radius 3 is 2.47 bits per heavy atom. The fourth-order valence-electron chi connectivity index (χ4n) is 4.19. The van der Waals surface area contributed by atoms with Crippen LogP contribution in [-0.2, 0) is 6.42 Å². The van der Waals surface area contributed by atoms with E-state index in [2.05, 4.69) is 29.1 Å². The molecule has 0 unspecified atom stereocenters. The number of carbonyl (C=O) groups excluding carboxylic acids is 1. The topological polar surface area (TPSA) is 53.7 Å². The molecule has 0 bridgehead atoms. The number of aromatic nitrogens is 3. The summed E-state index contributed by atoms with van der Waals surface area (Å²) >= 11 is 0. The van der Waals surface area contributed by atoms with Gasteiger partial charge in [-0.25, -0.2) is 9.50 Å². The number of anilines is 1. The van der Waals surface area contributed by atoms with Crippen molar-refractivity contribution in [2.75, 3.05) is 31.1 Å². The maximum absolute atomic E-state index is 12.9. The molecule has 30 heavy (non-hydrogen) atoms. The second-order valence-corrected chi connectivity index (χ2v) is 7.84. The van der Waals surface area contributed by atoms with Crippen molar-refractivity contribution in [3.05, 3.63) is 71.4 Å². The monoisotopic (exact) mass is 399 g/mol. The van der Waals surface area contributed by atoms with Gasteiger partial charge in [0, 0.05) is 43.2 Å². The molecule has 6 heteroatoms. The number of amides is 1. The molecule has 0 N–H and O–H groups in total. The number of benzene rings is 2. The Morgan fingerprint density at radius 2 is 1.73 bits per heavy atom. The molecule has 2 aromatic carbocycles. The van der Waals surface area contributed by atoms with Crippen molar-refractivity contribution in [1.29, 1.82) is 0 Å². The van der Waals surface area contributed by atoms with E-state index in [-0.39, 0.29) is 5.91 Å². The van der Waals surface area contributed by atoms with Crippen LogP contribution in [0.1, 0.15) is 28.5 Å². The Hall–Kier alpha value is -3.41. The molecule has 3 heterocycles. The van der Waals surface area contributed by atoms with Gasteiger partial charge in [0.25, 0.3) is 5.91 Å². The van der Waals surface area contributed by atoms with Gasteiger partial charge in [-0.05, 0) is 43.2 Å². The quantitative estimate of drug-likeness (QED) is 0.527. The minimum absolute atomic E-state index is 0.108. The number of rotatable bonds is 3. The van der Waals surface area contributed by atoms with Crippen molar-refractivity contribution in [2.24, 2.45) is 0 Å². The van der Waals surface area contributed by atoms with Gasteiger partial charge in [0.05, 0.1) is 11.2 Å². The molecule has 1 saturated heterocycles. The molecule has 0 radical (unpaired) electrons. The summed E-state index contributed by atoms with van der Waals surface area (Å²) in [4.78, 5) is 22.1. The molecule has 0 saturated carbocycles. The summed E-state index contributed by atoms with van der Waals surface area (Å²) in [7, 11) is 0. The van der Waals surface area contributed by atoms with E-state index >= 15 is 0 Å². The predicted octanol–water partition coefficient (Wildman–Crippen LogP) is 3.72. The zero-order valence-corrected chi connectivity index (χ0v) is 17.4. The molecule has 1 amide bonds. The SMILES string of the molecule is CCc1ccc(C(=O)N2CCN(c3nc4cc(C)nn4c4ccccc34)CC2)cc1. The standard InChI is InChI=1S/C24H25N5O/c1-3-18-8-10-19(11-9-18)24(30)28-14-12-27(13-15-28)23-20-6-4-5-7-21(20)29-22(25-23)16-17(2)26-29/h4-11,16H,3,12-15H2,1-2H3. The smallest absolute Gasteiger partial charge is 0.253 e. The van der Waals surface area contributed by atoms with Crippen LogP contribution in [0.5, 0.6) is 0 Å². The normalized spacial score (nSPS) is 14.6. The Bertz CT molecular complexity index is 1220. The lowest BCUT2D eigenvalue weighted by Gasteiger charge is -2.36. The Kier molecular flexibility index (Phi) is 4.62. The average molecular weight is 399 g/mol. The van der Waals surface area contributed by atoms with Gasteiger partial charge >= 0.3 is 0 Å². The van der Waals surface area contributed by atoms with E-state index in [4.69, 9.17) is 4.98 Å². The van der Waals surface area contributed by atoms with Crippen LogP contribution in [0.4, 0.5) is 5.82 Å². The van der Waals surface area contributed by atoms with E-state index in [0.717, 1.165) is 53.1 Å². The molecule has 6 nitrogen and oxygen atoms in total. The van der Waals surface area contributed by atoms with Gasteiger partial charge in [0.15, 0.2) is 5.65 Å². The molecular formula is C24H25N5O. The first kappa shape index (κ1) is 18.6. The van der Waals surface area contributed by atoms with Crippen molar-refractivity contribution >= 4 is 28.3 Å². The van der Waals surface area contributed by atoms with E-state index in [0.29, 0.717) is 13.1 Å². The van der Waals surface area contributed by atoms with Crippen molar-refractivity contribution in [2.45, 2.75) is 20.3 Å². The number of aryl methyl sites for hydroxylation is 2. The summed E-state index contributed by atoms with van der Waals surface area (Å²) < 4.78 is 1.91. The van der Waals surface area contributed by atoms with Crippen LogP contribution in [0.2, 0.25) is 0 Å². The first-order valence-corrected chi connectivity index (χ1v) is 10.5. The zero-order chi connectivity index (χ0) is 20.7. The molecule has 152 valence electrons. The third kappa shape index (κ3) is 3.18. The maximum atomic E-state index is 12.9. The van der Waals surface area contributed by atoms with Crippen LogP contribution in [-0.4, -0.2) is 51.6 Å². The van der Waals surface area contributed by atoms with Gasteiger partial charge in [-0.15, -0.1) is 0 Å². The summed E-state index contributed by atoms with van der Waals surface area (Å²) in [6.07, 6.45) is 0.981. The van der Waals surface area contributed by atoms with Gasteiger partial charge in [0.2, 0.25) is 0 Å². The summed E-state index contributed by atoms with van der Waals surface area (Å²) in [5, 5.41) is 5.68. The van der Waals surface area contributed by atoms with Crippen molar-refractivity contribution in [3.63, 3.8) is 0 Å². The highest BCUT2D eigenvalue weighted by atomic mass is 16.2. The lowest BCUT2D eigenvalue weighted by Crippen LogP contribution is -2.49. The molecule has 1 aliphatic heterocycles. The average Bonchev–Trinajstić information content (AvgIpc) is 3.19. The Labute approximate surface area is 175 Å². The molecule has 0 spiro atoms. The first-order chi connectivity index (χ1) is 14.6. The predicted molar refractivity (Wildman–Crippen MR) is 119 cm³/mol. The molecular weight excluding hydrogens is 374 g/mol. The molecule has 1 aliphatic rings.